The Morgan fingerprint density at radius 3 is 2.58 bits per heavy atom. The summed E-state index contributed by atoms with van der Waals surface area (Å²) in [4.78, 5) is 10.4. The molecule has 0 radical (unpaired) electrons. The summed E-state index contributed by atoms with van der Waals surface area (Å²) in [5, 5.41) is 0.129. The van der Waals surface area contributed by atoms with Crippen molar-refractivity contribution >= 4 is 17.5 Å². The lowest BCUT2D eigenvalue weighted by Crippen LogP contribution is -2.12. The first kappa shape index (κ1) is 11.8. The van der Waals surface area contributed by atoms with Crippen LogP contribution in [-0.4, -0.2) is 11.3 Å². The standard InChI is InChI=1S/C9H18ClNO/c1-2-3-4-5-8(10)6-7-9(11)12/h8H,2-7H2,1H3,(H2,11,12). The van der Waals surface area contributed by atoms with Gasteiger partial charge in [0.2, 0.25) is 5.91 Å². The van der Waals surface area contributed by atoms with Crippen molar-refractivity contribution in [3.05, 3.63) is 0 Å². The maximum Gasteiger partial charge on any atom is 0.217 e. The lowest BCUT2D eigenvalue weighted by atomic mass is 10.1. The Morgan fingerprint density at radius 2 is 2.08 bits per heavy atom. The molecule has 0 saturated carbocycles. The number of rotatable bonds is 7. The molecule has 3 heteroatoms. The summed E-state index contributed by atoms with van der Waals surface area (Å²) in [6, 6.07) is 0. The molecule has 0 fully saturated rings. The summed E-state index contributed by atoms with van der Waals surface area (Å²) < 4.78 is 0. The number of amides is 1. The van der Waals surface area contributed by atoms with Crippen molar-refractivity contribution < 1.29 is 4.79 Å². The molecule has 0 spiro atoms. The highest BCUT2D eigenvalue weighted by Gasteiger charge is 2.05. The van der Waals surface area contributed by atoms with E-state index in [2.05, 4.69) is 6.92 Å². The predicted molar refractivity (Wildman–Crippen MR) is 52.2 cm³/mol. The third kappa shape index (κ3) is 7.86. The second-order valence-electron chi connectivity index (χ2n) is 3.10. The maximum atomic E-state index is 10.4. The highest BCUT2D eigenvalue weighted by molar-refractivity contribution is 6.20. The predicted octanol–water partition coefficient (Wildman–Crippen LogP) is 2.44. The van der Waals surface area contributed by atoms with Gasteiger partial charge in [-0.1, -0.05) is 26.2 Å². The number of halogens is 1. The Hall–Kier alpha value is -0.240. The van der Waals surface area contributed by atoms with Crippen molar-refractivity contribution in [2.45, 2.75) is 50.8 Å². The smallest absolute Gasteiger partial charge is 0.217 e. The maximum absolute atomic E-state index is 10.4. The second kappa shape index (κ2) is 7.41. The van der Waals surface area contributed by atoms with E-state index in [9.17, 15) is 4.79 Å². The third-order valence-electron chi connectivity index (χ3n) is 1.82. The number of primary amides is 1. The molecule has 1 amide bonds. The summed E-state index contributed by atoms with van der Waals surface area (Å²) in [6.45, 7) is 2.16. The fourth-order valence-corrected chi connectivity index (χ4v) is 1.32. The third-order valence-corrected chi connectivity index (χ3v) is 2.26. The number of hydrogen-bond acceptors (Lipinski definition) is 1. The average molecular weight is 192 g/mol. The number of carbonyl (C=O) groups is 1. The summed E-state index contributed by atoms with van der Waals surface area (Å²) in [7, 11) is 0. The molecule has 0 aromatic rings. The van der Waals surface area contributed by atoms with Gasteiger partial charge in [-0.3, -0.25) is 4.79 Å². The molecule has 2 nitrogen and oxygen atoms in total. The summed E-state index contributed by atoms with van der Waals surface area (Å²) in [6.07, 6.45) is 5.73. The van der Waals surface area contributed by atoms with E-state index >= 15 is 0 Å². The van der Waals surface area contributed by atoms with Gasteiger partial charge in [0.15, 0.2) is 0 Å². The van der Waals surface area contributed by atoms with Gasteiger partial charge in [-0.25, -0.2) is 0 Å². The van der Waals surface area contributed by atoms with Crippen LogP contribution in [-0.2, 0) is 4.79 Å². The highest BCUT2D eigenvalue weighted by Crippen LogP contribution is 2.13. The molecule has 0 bridgehead atoms. The van der Waals surface area contributed by atoms with Gasteiger partial charge in [0.25, 0.3) is 0 Å². The summed E-state index contributed by atoms with van der Waals surface area (Å²) in [5.74, 6) is -0.254. The van der Waals surface area contributed by atoms with Crippen LogP contribution in [0.4, 0.5) is 0 Å². The number of nitrogens with two attached hydrogens (primary N) is 1. The zero-order chi connectivity index (χ0) is 9.40. The number of hydrogen-bond donors (Lipinski definition) is 1. The normalized spacial score (nSPS) is 12.8. The zero-order valence-electron chi connectivity index (χ0n) is 7.68. The fourth-order valence-electron chi connectivity index (χ4n) is 1.06. The lowest BCUT2D eigenvalue weighted by Gasteiger charge is -2.06. The first-order valence-electron chi connectivity index (χ1n) is 4.59. The van der Waals surface area contributed by atoms with Crippen molar-refractivity contribution in [2.75, 3.05) is 0 Å². The van der Waals surface area contributed by atoms with Crippen LogP contribution < -0.4 is 5.73 Å². The quantitative estimate of drug-likeness (QED) is 0.488. The largest absolute Gasteiger partial charge is 0.370 e. The minimum atomic E-state index is -0.254. The zero-order valence-corrected chi connectivity index (χ0v) is 8.44. The van der Waals surface area contributed by atoms with Crippen LogP contribution in [0.25, 0.3) is 0 Å². The molecule has 0 aromatic carbocycles. The first-order chi connectivity index (χ1) is 5.66. The van der Waals surface area contributed by atoms with E-state index in [1.165, 1.54) is 12.8 Å². The molecule has 0 aromatic heterocycles. The molecule has 0 aliphatic carbocycles. The van der Waals surface area contributed by atoms with Crippen molar-refractivity contribution in [3.63, 3.8) is 0 Å². The van der Waals surface area contributed by atoms with E-state index in [-0.39, 0.29) is 11.3 Å². The van der Waals surface area contributed by atoms with Crippen LogP contribution >= 0.6 is 11.6 Å². The lowest BCUT2D eigenvalue weighted by molar-refractivity contribution is -0.118. The van der Waals surface area contributed by atoms with Gasteiger partial charge in [-0.2, -0.15) is 0 Å². The van der Waals surface area contributed by atoms with Gasteiger partial charge >= 0.3 is 0 Å². The van der Waals surface area contributed by atoms with Crippen LogP contribution in [0.2, 0.25) is 0 Å². The minimum Gasteiger partial charge on any atom is -0.370 e. The molecular weight excluding hydrogens is 174 g/mol. The van der Waals surface area contributed by atoms with E-state index in [4.69, 9.17) is 17.3 Å². The van der Waals surface area contributed by atoms with E-state index in [0.29, 0.717) is 6.42 Å². The van der Waals surface area contributed by atoms with Crippen molar-refractivity contribution in [1.82, 2.24) is 0 Å². The summed E-state index contributed by atoms with van der Waals surface area (Å²) >= 11 is 5.95. The van der Waals surface area contributed by atoms with Gasteiger partial charge in [0, 0.05) is 11.8 Å². The Bertz CT molecular complexity index is 128. The molecular formula is C9H18ClNO. The topological polar surface area (TPSA) is 43.1 Å². The van der Waals surface area contributed by atoms with E-state index in [1.807, 2.05) is 0 Å². The van der Waals surface area contributed by atoms with Gasteiger partial charge < -0.3 is 5.73 Å². The van der Waals surface area contributed by atoms with Crippen LogP contribution in [0, 0.1) is 0 Å². The van der Waals surface area contributed by atoms with Crippen molar-refractivity contribution in [1.29, 1.82) is 0 Å². The highest BCUT2D eigenvalue weighted by atomic mass is 35.5. The van der Waals surface area contributed by atoms with Crippen LogP contribution in [0.5, 0.6) is 0 Å². The average Bonchev–Trinajstić information content (AvgIpc) is 2.01. The van der Waals surface area contributed by atoms with Crippen molar-refractivity contribution in [2.24, 2.45) is 5.73 Å². The Balaban J connectivity index is 3.21. The molecule has 0 heterocycles. The second-order valence-corrected chi connectivity index (χ2v) is 3.72. The fraction of sp³-hybridized carbons (Fsp3) is 0.889. The molecule has 1 atom stereocenters. The van der Waals surface area contributed by atoms with Gasteiger partial charge in [-0.15, -0.1) is 11.6 Å². The van der Waals surface area contributed by atoms with Crippen LogP contribution in [0.1, 0.15) is 45.4 Å². The Kier molecular flexibility index (Phi) is 7.26. The van der Waals surface area contributed by atoms with E-state index in [0.717, 1.165) is 19.3 Å². The number of carbonyl (C=O) groups excluding carboxylic acids is 1. The number of unbranched alkanes of at least 4 members (excludes halogenated alkanes) is 2. The Labute approximate surface area is 79.5 Å². The monoisotopic (exact) mass is 191 g/mol. The minimum absolute atomic E-state index is 0.129. The van der Waals surface area contributed by atoms with Crippen LogP contribution in [0.15, 0.2) is 0 Å². The summed E-state index contributed by atoms with van der Waals surface area (Å²) in [5.41, 5.74) is 5.00. The van der Waals surface area contributed by atoms with Crippen LogP contribution in [0.3, 0.4) is 0 Å². The molecule has 0 saturated heterocycles. The number of alkyl halides is 1. The van der Waals surface area contributed by atoms with Crippen molar-refractivity contribution in [3.8, 4) is 0 Å². The Morgan fingerprint density at radius 1 is 1.42 bits per heavy atom. The SMILES string of the molecule is CCCCCC(Cl)CCC(N)=O. The molecule has 1 unspecified atom stereocenters. The van der Waals surface area contributed by atoms with Gasteiger partial charge in [0.05, 0.1) is 0 Å². The van der Waals surface area contributed by atoms with Gasteiger partial charge in [0.1, 0.15) is 0 Å². The van der Waals surface area contributed by atoms with E-state index in [1.54, 1.807) is 0 Å². The molecule has 12 heavy (non-hydrogen) atoms. The molecule has 72 valence electrons. The first-order valence-corrected chi connectivity index (χ1v) is 5.02. The molecule has 0 aliphatic rings. The molecule has 2 N–H and O–H groups in total. The molecule has 0 aliphatic heterocycles. The van der Waals surface area contributed by atoms with E-state index < -0.39 is 0 Å². The molecule has 0 rings (SSSR count). The van der Waals surface area contributed by atoms with Gasteiger partial charge in [-0.05, 0) is 12.8 Å².